The van der Waals surface area contributed by atoms with E-state index in [9.17, 15) is 9.90 Å². The largest absolute Gasteiger partial charge is 0.507 e. The molecule has 1 aromatic heterocycles. The number of aromatic amines is 1. The van der Waals surface area contributed by atoms with Crippen molar-refractivity contribution in [1.29, 1.82) is 0 Å². The van der Waals surface area contributed by atoms with Gasteiger partial charge in [0.2, 0.25) is 0 Å². The molecule has 2 aromatic carbocycles. The number of amides is 1. The van der Waals surface area contributed by atoms with E-state index < -0.39 is 0 Å². The monoisotopic (exact) mass is 437 g/mol. The number of nitrogens with one attached hydrogen (secondary N) is 1. The molecule has 6 heteroatoms. The predicted octanol–water partition coefficient (Wildman–Crippen LogP) is 6.08. The van der Waals surface area contributed by atoms with E-state index in [0.717, 1.165) is 24.0 Å². The van der Waals surface area contributed by atoms with Gasteiger partial charge in [0.25, 0.3) is 5.91 Å². The van der Waals surface area contributed by atoms with Crippen molar-refractivity contribution in [3.05, 3.63) is 69.9 Å². The van der Waals surface area contributed by atoms with E-state index in [1.807, 2.05) is 4.90 Å². The van der Waals surface area contributed by atoms with Gasteiger partial charge in [-0.15, -0.1) is 0 Å². The smallest absolute Gasteiger partial charge is 0.273 e. The summed E-state index contributed by atoms with van der Waals surface area (Å²) in [4.78, 5) is 15.2. The summed E-state index contributed by atoms with van der Waals surface area (Å²) in [6.45, 7) is 9.32. The Labute approximate surface area is 188 Å². The molecular weight excluding hydrogens is 410 g/mol. The number of nitrogens with zero attached hydrogens (tertiary/aromatic N) is 2. The molecule has 5 nitrogen and oxygen atoms in total. The van der Waals surface area contributed by atoms with Gasteiger partial charge in [-0.25, -0.2) is 0 Å². The number of hydrogen-bond acceptors (Lipinski definition) is 3. The third-order valence-electron chi connectivity index (χ3n) is 5.92. The number of H-pyrrole nitrogens is 1. The van der Waals surface area contributed by atoms with E-state index >= 15 is 0 Å². The summed E-state index contributed by atoms with van der Waals surface area (Å²) in [5, 5.41) is 18.3. The minimum Gasteiger partial charge on any atom is -0.507 e. The Balaban J connectivity index is 1.86. The first-order chi connectivity index (χ1) is 14.7. The van der Waals surface area contributed by atoms with Crippen LogP contribution in [0.15, 0.2) is 42.5 Å². The van der Waals surface area contributed by atoms with Crippen LogP contribution in [0, 0.1) is 0 Å². The fraction of sp³-hybridized carbons (Fsp3) is 0.360. The maximum absolute atomic E-state index is 13.3. The molecule has 0 bridgehead atoms. The minimum atomic E-state index is -0.268. The zero-order valence-electron chi connectivity index (χ0n) is 18.4. The number of rotatable bonds is 5. The van der Waals surface area contributed by atoms with Crippen LogP contribution in [0.25, 0.3) is 11.3 Å². The summed E-state index contributed by atoms with van der Waals surface area (Å²) in [5.41, 5.74) is 4.67. The Morgan fingerprint density at radius 2 is 1.87 bits per heavy atom. The Kier molecular flexibility index (Phi) is 5.56. The standard InChI is InChI=1S/C25H28ClN3O2/c1-5-6-13-29-23(15-7-9-16(10-8-15)25(2,3)4)20-21(27-28-22(20)24(29)31)18-14-17(26)11-12-19(18)30/h7-12,14,23,30H,5-6,13H2,1-4H3,(H,27,28). The molecule has 162 valence electrons. The first-order valence-corrected chi connectivity index (χ1v) is 11.1. The Morgan fingerprint density at radius 1 is 1.16 bits per heavy atom. The lowest BCUT2D eigenvalue weighted by molar-refractivity contribution is 0.0741. The van der Waals surface area contributed by atoms with Crippen LogP contribution >= 0.6 is 11.6 Å². The van der Waals surface area contributed by atoms with Crippen molar-refractivity contribution in [3.63, 3.8) is 0 Å². The van der Waals surface area contributed by atoms with Gasteiger partial charge in [0.1, 0.15) is 17.1 Å². The molecule has 1 aliphatic rings. The van der Waals surface area contributed by atoms with Crippen LogP contribution in [0.5, 0.6) is 5.75 Å². The molecule has 1 unspecified atom stereocenters. The van der Waals surface area contributed by atoms with Crippen LogP contribution in [0.4, 0.5) is 0 Å². The molecule has 31 heavy (non-hydrogen) atoms. The lowest BCUT2D eigenvalue weighted by atomic mass is 9.85. The first kappa shape index (κ1) is 21.4. The summed E-state index contributed by atoms with van der Waals surface area (Å²) in [7, 11) is 0. The second-order valence-electron chi connectivity index (χ2n) is 9.15. The number of hydrogen-bond donors (Lipinski definition) is 2. The van der Waals surface area contributed by atoms with Crippen molar-refractivity contribution in [3.8, 4) is 17.0 Å². The normalized spacial score (nSPS) is 16.1. The average Bonchev–Trinajstić information content (AvgIpc) is 3.27. The third kappa shape index (κ3) is 3.83. The van der Waals surface area contributed by atoms with Gasteiger partial charge in [0.05, 0.1) is 6.04 Å². The van der Waals surface area contributed by atoms with Gasteiger partial charge < -0.3 is 10.0 Å². The number of phenols is 1. The number of phenolic OH excluding ortho intramolecular Hbond substituents is 1. The van der Waals surface area contributed by atoms with Gasteiger partial charge in [-0.3, -0.25) is 9.89 Å². The molecule has 4 rings (SSSR count). The van der Waals surface area contributed by atoms with Crippen molar-refractivity contribution < 1.29 is 9.90 Å². The number of aromatic nitrogens is 2. The molecule has 2 heterocycles. The molecule has 0 spiro atoms. The van der Waals surface area contributed by atoms with E-state index in [-0.39, 0.29) is 23.1 Å². The molecule has 0 radical (unpaired) electrons. The van der Waals surface area contributed by atoms with Crippen molar-refractivity contribution >= 4 is 17.5 Å². The fourth-order valence-electron chi connectivity index (χ4n) is 4.17. The van der Waals surface area contributed by atoms with Gasteiger partial charge in [-0.1, -0.05) is 70.0 Å². The summed E-state index contributed by atoms with van der Waals surface area (Å²) in [6, 6.07) is 13.1. The molecule has 0 saturated heterocycles. The highest BCUT2D eigenvalue weighted by molar-refractivity contribution is 6.31. The second-order valence-corrected chi connectivity index (χ2v) is 9.59. The Hall–Kier alpha value is -2.79. The maximum Gasteiger partial charge on any atom is 0.273 e. The highest BCUT2D eigenvalue weighted by atomic mass is 35.5. The van der Waals surface area contributed by atoms with Crippen molar-refractivity contribution in [2.24, 2.45) is 0 Å². The average molecular weight is 438 g/mol. The van der Waals surface area contributed by atoms with Gasteiger partial charge in [-0.05, 0) is 41.2 Å². The maximum atomic E-state index is 13.3. The SMILES string of the molecule is CCCCN1C(=O)c2[nH]nc(-c3cc(Cl)ccc3O)c2C1c1ccc(C(C)(C)C)cc1. The third-order valence-corrected chi connectivity index (χ3v) is 6.16. The molecular formula is C25H28ClN3O2. The van der Waals surface area contributed by atoms with Crippen molar-refractivity contribution in [2.45, 2.75) is 52.0 Å². The zero-order valence-corrected chi connectivity index (χ0v) is 19.1. The molecule has 1 amide bonds. The fourth-order valence-corrected chi connectivity index (χ4v) is 4.34. The predicted molar refractivity (Wildman–Crippen MR) is 124 cm³/mol. The van der Waals surface area contributed by atoms with Crippen LogP contribution in [0.3, 0.4) is 0 Å². The molecule has 2 N–H and O–H groups in total. The van der Waals surface area contributed by atoms with Crippen LogP contribution in [0.2, 0.25) is 5.02 Å². The van der Waals surface area contributed by atoms with Crippen molar-refractivity contribution in [2.75, 3.05) is 6.54 Å². The van der Waals surface area contributed by atoms with Crippen LogP contribution in [-0.2, 0) is 5.41 Å². The van der Waals surface area contributed by atoms with Gasteiger partial charge in [0, 0.05) is 22.7 Å². The van der Waals surface area contributed by atoms with E-state index in [4.69, 9.17) is 11.6 Å². The van der Waals surface area contributed by atoms with E-state index in [0.29, 0.717) is 28.5 Å². The zero-order chi connectivity index (χ0) is 22.3. The van der Waals surface area contributed by atoms with Gasteiger partial charge in [-0.2, -0.15) is 5.10 Å². The number of benzene rings is 2. The van der Waals surface area contributed by atoms with E-state index in [2.05, 4.69) is 62.2 Å². The van der Waals surface area contributed by atoms with Crippen LogP contribution in [-0.4, -0.2) is 32.7 Å². The quantitative estimate of drug-likeness (QED) is 0.508. The molecule has 1 aliphatic heterocycles. The van der Waals surface area contributed by atoms with Gasteiger partial charge >= 0.3 is 0 Å². The number of fused-ring (bicyclic) bond motifs is 1. The van der Waals surface area contributed by atoms with E-state index in [1.165, 1.54) is 5.56 Å². The number of unbranched alkanes of at least 4 members (excludes halogenated alkanes) is 1. The number of carbonyl (C=O) groups excluding carboxylic acids is 1. The summed E-state index contributed by atoms with van der Waals surface area (Å²) >= 11 is 6.20. The molecule has 0 fully saturated rings. The second kappa shape index (κ2) is 8.04. The Morgan fingerprint density at radius 3 is 2.52 bits per heavy atom. The minimum absolute atomic E-state index is 0.0461. The summed E-state index contributed by atoms with van der Waals surface area (Å²) in [6.07, 6.45) is 1.91. The van der Waals surface area contributed by atoms with Gasteiger partial charge in [0.15, 0.2) is 0 Å². The highest BCUT2D eigenvalue weighted by Crippen LogP contribution is 2.45. The summed E-state index contributed by atoms with van der Waals surface area (Å²) < 4.78 is 0. The van der Waals surface area contributed by atoms with E-state index in [1.54, 1.807) is 18.2 Å². The lowest BCUT2D eigenvalue weighted by Crippen LogP contribution is -2.30. The number of carbonyl (C=O) groups is 1. The first-order valence-electron chi connectivity index (χ1n) is 10.7. The lowest BCUT2D eigenvalue weighted by Gasteiger charge is -2.27. The van der Waals surface area contributed by atoms with Crippen molar-refractivity contribution in [1.82, 2.24) is 15.1 Å². The molecule has 1 atom stereocenters. The summed E-state index contributed by atoms with van der Waals surface area (Å²) in [5.74, 6) is 0.0219. The topological polar surface area (TPSA) is 69.2 Å². The van der Waals surface area contributed by atoms with Crippen LogP contribution < -0.4 is 0 Å². The Bertz CT molecular complexity index is 1110. The van der Waals surface area contributed by atoms with Crippen LogP contribution in [0.1, 0.15) is 73.8 Å². The highest BCUT2D eigenvalue weighted by Gasteiger charge is 2.42. The molecule has 0 saturated carbocycles. The molecule has 0 aliphatic carbocycles. The molecule has 3 aromatic rings. The number of aromatic hydroxyl groups is 1. The number of halogens is 1.